The number of ether oxygens (including phenoxy) is 1. The molecule has 0 aliphatic heterocycles. The number of aromatic hydroxyl groups is 1. The largest absolute Gasteiger partial charge is 0.503 e. The Morgan fingerprint density at radius 3 is 2.44 bits per heavy atom. The summed E-state index contributed by atoms with van der Waals surface area (Å²) in [7, 11) is 1.43. The molecular weight excluding hydrogens is 276 g/mol. The summed E-state index contributed by atoms with van der Waals surface area (Å²) in [5.74, 6) is -0.746. The van der Waals surface area contributed by atoms with Gasteiger partial charge in [0.05, 0.1) is 17.0 Å². The van der Waals surface area contributed by atoms with Gasteiger partial charge in [0.25, 0.3) is 0 Å². The zero-order valence-electron chi connectivity index (χ0n) is 9.24. The number of phenols is 1. The fourth-order valence-electron chi connectivity index (χ4n) is 1.31. The van der Waals surface area contributed by atoms with Crippen molar-refractivity contribution in [2.45, 2.75) is 19.3 Å². The van der Waals surface area contributed by atoms with Crippen LogP contribution in [0.15, 0.2) is 16.6 Å². The van der Waals surface area contributed by atoms with Gasteiger partial charge in [0, 0.05) is 0 Å². The molecule has 4 nitrogen and oxygen atoms in total. The topological polar surface area (TPSA) is 66.8 Å². The van der Waals surface area contributed by atoms with Crippen LogP contribution in [0.2, 0.25) is 0 Å². The van der Waals surface area contributed by atoms with E-state index in [4.69, 9.17) is 9.84 Å². The minimum Gasteiger partial charge on any atom is -0.503 e. The van der Waals surface area contributed by atoms with E-state index in [0.717, 1.165) is 0 Å². The Balaban J connectivity index is 3.38. The molecule has 88 valence electrons. The van der Waals surface area contributed by atoms with Crippen LogP contribution >= 0.6 is 15.9 Å². The van der Waals surface area contributed by atoms with Crippen molar-refractivity contribution in [2.75, 3.05) is 7.11 Å². The van der Waals surface area contributed by atoms with E-state index >= 15 is 0 Å². The van der Waals surface area contributed by atoms with Crippen LogP contribution < -0.4 is 4.74 Å². The minimum atomic E-state index is -1.08. The average Bonchev–Trinajstić information content (AvgIpc) is 2.21. The molecule has 0 aliphatic rings. The number of aliphatic carboxylic acids is 1. The Kier molecular flexibility index (Phi) is 3.48. The highest BCUT2D eigenvalue weighted by atomic mass is 79.9. The number of carbonyl (C=O) groups is 1. The molecule has 0 unspecified atom stereocenters. The summed E-state index contributed by atoms with van der Waals surface area (Å²) in [5.41, 5.74) is -0.582. The van der Waals surface area contributed by atoms with Gasteiger partial charge in [-0.2, -0.15) is 0 Å². The SMILES string of the molecule is COc1ccc(C(C)(C)C(=O)O)c(Br)c1O. The van der Waals surface area contributed by atoms with Gasteiger partial charge >= 0.3 is 5.97 Å². The number of carboxylic acid groups (broad SMARTS) is 1. The molecule has 0 aliphatic carbocycles. The van der Waals surface area contributed by atoms with E-state index in [2.05, 4.69) is 15.9 Å². The lowest BCUT2D eigenvalue weighted by Crippen LogP contribution is -2.28. The van der Waals surface area contributed by atoms with Crippen LogP contribution in [-0.4, -0.2) is 23.3 Å². The molecule has 0 aromatic heterocycles. The molecular formula is C11H13BrO4. The molecule has 16 heavy (non-hydrogen) atoms. The van der Waals surface area contributed by atoms with Gasteiger partial charge in [-0.3, -0.25) is 4.79 Å². The Labute approximate surface area is 102 Å². The third-order valence-corrected chi connectivity index (χ3v) is 3.31. The zero-order valence-corrected chi connectivity index (χ0v) is 10.8. The molecule has 1 aromatic carbocycles. The predicted molar refractivity (Wildman–Crippen MR) is 63.0 cm³/mol. The number of phenolic OH excluding ortho intramolecular Hbond substituents is 1. The van der Waals surface area contributed by atoms with E-state index in [9.17, 15) is 9.90 Å². The number of rotatable bonds is 3. The molecule has 0 saturated heterocycles. The maximum absolute atomic E-state index is 11.1. The first-order valence-electron chi connectivity index (χ1n) is 4.61. The van der Waals surface area contributed by atoms with Gasteiger partial charge in [-0.1, -0.05) is 6.07 Å². The third-order valence-electron chi connectivity index (χ3n) is 2.51. The van der Waals surface area contributed by atoms with Crippen molar-refractivity contribution < 1.29 is 19.7 Å². The number of halogens is 1. The van der Waals surface area contributed by atoms with Crippen molar-refractivity contribution in [2.24, 2.45) is 0 Å². The zero-order chi connectivity index (χ0) is 12.5. The molecule has 0 spiro atoms. The average molecular weight is 289 g/mol. The lowest BCUT2D eigenvalue weighted by atomic mass is 9.84. The quantitative estimate of drug-likeness (QED) is 0.897. The summed E-state index contributed by atoms with van der Waals surface area (Å²) in [6.45, 7) is 3.14. The Morgan fingerprint density at radius 1 is 1.44 bits per heavy atom. The number of methoxy groups -OCH3 is 1. The molecule has 0 amide bonds. The molecule has 0 bridgehead atoms. The number of benzene rings is 1. The summed E-state index contributed by atoms with van der Waals surface area (Å²) in [6.07, 6.45) is 0. The van der Waals surface area contributed by atoms with Crippen molar-refractivity contribution in [3.8, 4) is 11.5 Å². The molecule has 1 rings (SSSR count). The fraction of sp³-hybridized carbons (Fsp3) is 0.364. The van der Waals surface area contributed by atoms with Crippen LogP contribution in [0.3, 0.4) is 0 Å². The molecule has 5 heteroatoms. The van der Waals surface area contributed by atoms with E-state index in [1.807, 2.05) is 0 Å². The highest BCUT2D eigenvalue weighted by Crippen LogP contribution is 2.41. The van der Waals surface area contributed by atoms with Crippen molar-refractivity contribution in [3.05, 3.63) is 22.2 Å². The second kappa shape index (κ2) is 4.33. The summed E-state index contributed by atoms with van der Waals surface area (Å²) in [5, 5.41) is 18.9. The summed E-state index contributed by atoms with van der Waals surface area (Å²) in [6, 6.07) is 3.16. The maximum atomic E-state index is 11.1. The van der Waals surface area contributed by atoms with Crippen molar-refractivity contribution in [1.82, 2.24) is 0 Å². The highest BCUT2D eigenvalue weighted by molar-refractivity contribution is 9.10. The van der Waals surface area contributed by atoms with E-state index in [1.165, 1.54) is 7.11 Å². The Hall–Kier alpha value is -1.23. The normalized spacial score (nSPS) is 11.2. The number of hydrogen-bond donors (Lipinski definition) is 2. The lowest BCUT2D eigenvalue weighted by molar-refractivity contribution is -0.142. The molecule has 2 N–H and O–H groups in total. The highest BCUT2D eigenvalue weighted by Gasteiger charge is 2.32. The summed E-state index contributed by atoms with van der Waals surface area (Å²) < 4.78 is 5.27. The molecule has 0 heterocycles. The predicted octanol–water partition coefficient (Wildman–Crippen LogP) is 2.53. The van der Waals surface area contributed by atoms with Gasteiger partial charge in [-0.15, -0.1) is 0 Å². The second-order valence-electron chi connectivity index (χ2n) is 3.91. The van der Waals surface area contributed by atoms with Crippen molar-refractivity contribution in [1.29, 1.82) is 0 Å². The first-order valence-corrected chi connectivity index (χ1v) is 5.41. The van der Waals surface area contributed by atoms with Crippen LogP contribution in [-0.2, 0) is 10.2 Å². The Morgan fingerprint density at radius 2 is 2.00 bits per heavy atom. The molecule has 0 radical (unpaired) electrons. The second-order valence-corrected chi connectivity index (χ2v) is 4.70. The minimum absolute atomic E-state index is 0.0886. The van der Waals surface area contributed by atoms with Gasteiger partial charge in [0.15, 0.2) is 11.5 Å². The van der Waals surface area contributed by atoms with Gasteiger partial charge in [-0.05, 0) is 41.4 Å². The van der Waals surface area contributed by atoms with Crippen LogP contribution in [0.1, 0.15) is 19.4 Å². The van der Waals surface area contributed by atoms with Crippen LogP contribution in [0.4, 0.5) is 0 Å². The van der Waals surface area contributed by atoms with Gasteiger partial charge in [0.2, 0.25) is 0 Å². The van der Waals surface area contributed by atoms with E-state index in [-0.39, 0.29) is 5.75 Å². The van der Waals surface area contributed by atoms with Crippen molar-refractivity contribution >= 4 is 21.9 Å². The van der Waals surface area contributed by atoms with Crippen LogP contribution in [0.5, 0.6) is 11.5 Å². The van der Waals surface area contributed by atoms with Gasteiger partial charge in [-0.25, -0.2) is 0 Å². The first-order chi connectivity index (χ1) is 7.32. The molecule has 0 saturated carbocycles. The molecule has 0 fully saturated rings. The monoisotopic (exact) mass is 288 g/mol. The van der Waals surface area contributed by atoms with Crippen molar-refractivity contribution in [3.63, 3.8) is 0 Å². The molecule has 1 aromatic rings. The van der Waals surface area contributed by atoms with Crippen LogP contribution in [0, 0.1) is 0 Å². The number of carboxylic acids is 1. The fourth-order valence-corrected chi connectivity index (χ4v) is 2.13. The van der Waals surface area contributed by atoms with E-state index < -0.39 is 11.4 Å². The number of hydrogen-bond acceptors (Lipinski definition) is 3. The maximum Gasteiger partial charge on any atom is 0.313 e. The first kappa shape index (κ1) is 12.8. The summed E-state index contributed by atoms with van der Waals surface area (Å²) >= 11 is 3.18. The lowest BCUT2D eigenvalue weighted by Gasteiger charge is -2.22. The third kappa shape index (κ3) is 2.00. The smallest absolute Gasteiger partial charge is 0.313 e. The molecule has 0 atom stereocenters. The van der Waals surface area contributed by atoms with Gasteiger partial charge < -0.3 is 14.9 Å². The van der Waals surface area contributed by atoms with E-state index in [0.29, 0.717) is 15.8 Å². The van der Waals surface area contributed by atoms with Crippen LogP contribution in [0.25, 0.3) is 0 Å². The summed E-state index contributed by atoms with van der Waals surface area (Å²) in [4.78, 5) is 11.1. The Bertz CT molecular complexity index is 426. The van der Waals surface area contributed by atoms with E-state index in [1.54, 1.807) is 26.0 Å². The van der Waals surface area contributed by atoms with Gasteiger partial charge in [0.1, 0.15) is 0 Å². The standard InChI is InChI=1S/C11H13BrO4/c1-11(2,10(14)15)6-4-5-7(16-3)9(13)8(6)12/h4-5,13H,1-3H3,(H,14,15).